The zero-order valence-electron chi connectivity index (χ0n) is 10.3. The highest BCUT2D eigenvalue weighted by Crippen LogP contribution is 2.26. The van der Waals surface area contributed by atoms with Crippen molar-refractivity contribution in [2.24, 2.45) is 0 Å². The summed E-state index contributed by atoms with van der Waals surface area (Å²) in [6.07, 6.45) is 0. The van der Waals surface area contributed by atoms with Gasteiger partial charge in [0, 0.05) is 14.5 Å². The van der Waals surface area contributed by atoms with Crippen molar-refractivity contribution in [3.8, 4) is 6.07 Å². The number of nitriles is 1. The summed E-state index contributed by atoms with van der Waals surface area (Å²) in [5.74, 6) is 0. The third-order valence-electron chi connectivity index (χ3n) is 2.49. The molecule has 0 heterocycles. The van der Waals surface area contributed by atoms with E-state index in [9.17, 15) is 8.42 Å². The third-order valence-corrected chi connectivity index (χ3v) is 4.77. The molecule has 2 aromatic rings. The van der Waals surface area contributed by atoms with Crippen LogP contribution in [0.3, 0.4) is 0 Å². The van der Waals surface area contributed by atoms with Gasteiger partial charge in [-0.05, 0) is 36.4 Å². The van der Waals surface area contributed by atoms with Crippen molar-refractivity contribution in [1.29, 1.82) is 5.26 Å². The molecule has 4 nitrogen and oxygen atoms in total. The predicted molar refractivity (Wildman–Crippen MR) is 86.1 cm³/mol. The SMILES string of the molecule is N#Cc1cc(Br)ccc1NS(=O)(=O)c1cc(Cl)cc(Cl)c1. The minimum atomic E-state index is -3.89. The number of sulfonamides is 1. The van der Waals surface area contributed by atoms with Gasteiger partial charge in [-0.3, -0.25) is 4.72 Å². The highest BCUT2D eigenvalue weighted by molar-refractivity contribution is 9.10. The van der Waals surface area contributed by atoms with E-state index in [1.165, 1.54) is 30.3 Å². The van der Waals surface area contributed by atoms with E-state index in [0.717, 1.165) is 0 Å². The second-order valence-corrected chi connectivity index (χ2v) is 7.48. The van der Waals surface area contributed by atoms with Crippen molar-refractivity contribution < 1.29 is 8.42 Å². The fourth-order valence-corrected chi connectivity index (χ4v) is 3.75. The molecule has 0 aliphatic carbocycles. The Kier molecular flexibility index (Phi) is 4.79. The standard InChI is InChI=1S/C13H7BrCl2N2O2S/c14-9-1-2-13(8(3-9)7-17)18-21(19,20)12-5-10(15)4-11(16)6-12/h1-6,18H. The number of nitrogens with zero attached hydrogens (tertiary/aromatic N) is 1. The fraction of sp³-hybridized carbons (Fsp3) is 0. The molecule has 1 N–H and O–H groups in total. The number of anilines is 1. The highest BCUT2D eigenvalue weighted by atomic mass is 79.9. The van der Waals surface area contributed by atoms with Crippen LogP contribution >= 0.6 is 39.1 Å². The average Bonchev–Trinajstić information content (AvgIpc) is 2.39. The van der Waals surface area contributed by atoms with Crippen LogP contribution in [-0.4, -0.2) is 8.42 Å². The highest BCUT2D eigenvalue weighted by Gasteiger charge is 2.17. The van der Waals surface area contributed by atoms with E-state index in [2.05, 4.69) is 20.7 Å². The first-order valence-electron chi connectivity index (χ1n) is 5.50. The summed E-state index contributed by atoms with van der Waals surface area (Å²) in [6, 6.07) is 10.6. The molecular weight excluding hydrogens is 399 g/mol. The molecule has 21 heavy (non-hydrogen) atoms. The minimum Gasteiger partial charge on any atom is -0.278 e. The van der Waals surface area contributed by atoms with Crippen molar-refractivity contribution in [2.75, 3.05) is 4.72 Å². The summed E-state index contributed by atoms with van der Waals surface area (Å²) < 4.78 is 27.6. The van der Waals surface area contributed by atoms with Crippen molar-refractivity contribution in [2.45, 2.75) is 4.90 Å². The summed E-state index contributed by atoms with van der Waals surface area (Å²) >= 11 is 14.8. The van der Waals surface area contributed by atoms with Gasteiger partial charge in [0.25, 0.3) is 10.0 Å². The summed E-state index contributed by atoms with van der Waals surface area (Å²) in [6.45, 7) is 0. The first-order valence-corrected chi connectivity index (χ1v) is 8.53. The zero-order chi connectivity index (χ0) is 15.6. The summed E-state index contributed by atoms with van der Waals surface area (Å²) in [7, 11) is -3.89. The Bertz CT molecular complexity index is 827. The maximum atomic E-state index is 12.3. The number of halogens is 3. The van der Waals surface area contributed by atoms with E-state index < -0.39 is 10.0 Å². The Morgan fingerprint density at radius 2 is 1.71 bits per heavy atom. The lowest BCUT2D eigenvalue weighted by molar-refractivity contribution is 0.601. The normalized spacial score (nSPS) is 11.0. The van der Waals surface area contributed by atoms with E-state index in [4.69, 9.17) is 28.5 Å². The predicted octanol–water partition coefficient (Wildman–Crippen LogP) is 4.43. The summed E-state index contributed by atoms with van der Waals surface area (Å²) in [5, 5.41) is 9.47. The van der Waals surface area contributed by atoms with Crippen molar-refractivity contribution in [1.82, 2.24) is 0 Å². The van der Waals surface area contributed by atoms with Crippen LogP contribution in [0.25, 0.3) is 0 Å². The third kappa shape index (κ3) is 3.89. The van der Waals surface area contributed by atoms with Crippen LogP contribution < -0.4 is 4.72 Å². The molecule has 0 atom stereocenters. The van der Waals surface area contributed by atoms with Gasteiger partial charge in [-0.15, -0.1) is 0 Å². The van der Waals surface area contributed by atoms with Gasteiger partial charge in [0.05, 0.1) is 16.1 Å². The molecule has 0 radical (unpaired) electrons. The van der Waals surface area contributed by atoms with Crippen LogP contribution in [0, 0.1) is 11.3 Å². The first kappa shape index (κ1) is 16.1. The van der Waals surface area contributed by atoms with Gasteiger partial charge >= 0.3 is 0 Å². The lowest BCUT2D eigenvalue weighted by Crippen LogP contribution is -2.14. The second-order valence-electron chi connectivity index (χ2n) is 4.01. The first-order chi connectivity index (χ1) is 9.81. The molecular formula is C13H7BrCl2N2O2S. The summed E-state index contributed by atoms with van der Waals surface area (Å²) in [5.41, 5.74) is 0.373. The van der Waals surface area contributed by atoms with Crippen LogP contribution in [0.15, 0.2) is 45.8 Å². The van der Waals surface area contributed by atoms with E-state index >= 15 is 0 Å². The molecule has 108 valence electrons. The van der Waals surface area contributed by atoms with E-state index in [1.807, 2.05) is 6.07 Å². The molecule has 0 unspecified atom stereocenters. The molecule has 0 aromatic heterocycles. The van der Waals surface area contributed by atoms with Crippen LogP contribution in [0.1, 0.15) is 5.56 Å². The van der Waals surface area contributed by atoms with Crippen LogP contribution in [0.4, 0.5) is 5.69 Å². The lowest BCUT2D eigenvalue weighted by atomic mass is 10.2. The van der Waals surface area contributed by atoms with Crippen LogP contribution in [0.5, 0.6) is 0 Å². The number of hydrogen-bond donors (Lipinski definition) is 1. The van der Waals surface area contributed by atoms with Crippen molar-refractivity contribution >= 4 is 54.8 Å². The molecule has 8 heteroatoms. The molecule has 0 bridgehead atoms. The second kappa shape index (κ2) is 6.24. The molecule has 0 aliphatic heterocycles. The Morgan fingerprint density at radius 3 is 2.29 bits per heavy atom. The average molecular weight is 406 g/mol. The van der Waals surface area contributed by atoms with E-state index in [1.54, 1.807) is 6.07 Å². The van der Waals surface area contributed by atoms with Gasteiger partial charge in [0.15, 0.2) is 0 Å². The number of nitrogens with one attached hydrogen (secondary N) is 1. The topological polar surface area (TPSA) is 70.0 Å². The van der Waals surface area contributed by atoms with Gasteiger partial charge in [-0.1, -0.05) is 39.1 Å². The molecule has 0 saturated heterocycles. The van der Waals surface area contributed by atoms with E-state index in [0.29, 0.717) is 4.47 Å². The van der Waals surface area contributed by atoms with Gasteiger partial charge in [0.2, 0.25) is 0 Å². The Balaban J connectivity index is 2.45. The molecule has 2 rings (SSSR count). The van der Waals surface area contributed by atoms with E-state index in [-0.39, 0.29) is 26.2 Å². The quantitative estimate of drug-likeness (QED) is 0.820. The zero-order valence-corrected chi connectivity index (χ0v) is 14.2. The maximum Gasteiger partial charge on any atom is 0.262 e. The largest absolute Gasteiger partial charge is 0.278 e. The lowest BCUT2D eigenvalue weighted by Gasteiger charge is -2.10. The van der Waals surface area contributed by atoms with Crippen molar-refractivity contribution in [3.05, 3.63) is 56.5 Å². The van der Waals surface area contributed by atoms with Crippen LogP contribution in [0.2, 0.25) is 10.0 Å². The van der Waals surface area contributed by atoms with Crippen LogP contribution in [-0.2, 0) is 10.0 Å². The fourth-order valence-electron chi connectivity index (χ4n) is 1.59. The van der Waals surface area contributed by atoms with Gasteiger partial charge < -0.3 is 0 Å². The summed E-state index contributed by atoms with van der Waals surface area (Å²) in [4.78, 5) is -0.0770. The maximum absolute atomic E-state index is 12.3. The molecule has 0 spiro atoms. The Labute approximate surface area is 140 Å². The monoisotopic (exact) mass is 404 g/mol. The number of benzene rings is 2. The smallest absolute Gasteiger partial charge is 0.262 e. The molecule has 0 fully saturated rings. The van der Waals surface area contributed by atoms with Crippen molar-refractivity contribution in [3.63, 3.8) is 0 Å². The number of hydrogen-bond acceptors (Lipinski definition) is 3. The Morgan fingerprint density at radius 1 is 1.10 bits per heavy atom. The van der Waals surface area contributed by atoms with Gasteiger partial charge in [-0.25, -0.2) is 8.42 Å². The molecule has 2 aromatic carbocycles. The Hall–Kier alpha value is -1.26. The molecule has 0 amide bonds. The minimum absolute atomic E-state index is 0.0770. The number of rotatable bonds is 3. The molecule has 0 saturated carbocycles. The van der Waals surface area contributed by atoms with Gasteiger partial charge in [-0.2, -0.15) is 5.26 Å². The molecule has 0 aliphatic rings. The van der Waals surface area contributed by atoms with Gasteiger partial charge in [0.1, 0.15) is 6.07 Å².